The van der Waals surface area contributed by atoms with Crippen molar-refractivity contribution >= 4 is 41.2 Å². The van der Waals surface area contributed by atoms with Crippen molar-refractivity contribution in [2.24, 2.45) is 0 Å². The molecule has 2 N–H and O–H groups in total. The van der Waals surface area contributed by atoms with Gasteiger partial charge < -0.3 is 10.4 Å². The summed E-state index contributed by atoms with van der Waals surface area (Å²) in [6.07, 6.45) is 4.86. The summed E-state index contributed by atoms with van der Waals surface area (Å²) in [4.78, 5) is 24.3. The summed E-state index contributed by atoms with van der Waals surface area (Å²) in [6.45, 7) is 0. The van der Waals surface area contributed by atoms with Crippen LogP contribution in [0.15, 0.2) is 91.1 Å². The third-order valence-corrected chi connectivity index (χ3v) is 6.01. The van der Waals surface area contributed by atoms with Crippen LogP contribution in [0.25, 0.3) is 23.0 Å². The second kappa shape index (κ2) is 11.0. The molecule has 176 valence electrons. The van der Waals surface area contributed by atoms with Gasteiger partial charge in [0, 0.05) is 29.8 Å². The molecule has 0 aliphatic heterocycles. The molecule has 0 bridgehead atoms. The van der Waals surface area contributed by atoms with E-state index in [1.54, 1.807) is 35.2 Å². The van der Waals surface area contributed by atoms with Crippen molar-refractivity contribution in [1.29, 1.82) is 0 Å². The van der Waals surface area contributed by atoms with E-state index < -0.39 is 17.9 Å². The lowest BCUT2D eigenvalue weighted by Gasteiger charge is -2.13. The normalized spacial score (nSPS) is 11.9. The van der Waals surface area contributed by atoms with Gasteiger partial charge in [-0.15, -0.1) is 0 Å². The molecule has 3 aromatic carbocycles. The fourth-order valence-corrected chi connectivity index (χ4v) is 3.82. The largest absolute Gasteiger partial charge is 0.480 e. The lowest BCUT2D eigenvalue weighted by atomic mass is 10.1. The molecule has 0 radical (unpaired) electrons. The van der Waals surface area contributed by atoms with E-state index in [4.69, 9.17) is 23.2 Å². The summed E-state index contributed by atoms with van der Waals surface area (Å²) in [6, 6.07) is 22.8. The zero-order valence-corrected chi connectivity index (χ0v) is 19.9. The van der Waals surface area contributed by atoms with Gasteiger partial charge >= 0.3 is 5.97 Å². The number of rotatable bonds is 8. The van der Waals surface area contributed by atoms with Crippen LogP contribution >= 0.6 is 23.2 Å². The van der Waals surface area contributed by atoms with Gasteiger partial charge in [-0.05, 0) is 35.9 Å². The number of aromatic nitrogens is 2. The molecule has 0 saturated carbocycles. The Morgan fingerprint density at radius 3 is 2.31 bits per heavy atom. The monoisotopic (exact) mass is 505 g/mol. The van der Waals surface area contributed by atoms with Gasteiger partial charge in [0.15, 0.2) is 0 Å². The van der Waals surface area contributed by atoms with Crippen LogP contribution < -0.4 is 5.32 Å². The molecule has 8 heteroatoms. The highest BCUT2D eigenvalue weighted by atomic mass is 35.5. The van der Waals surface area contributed by atoms with Gasteiger partial charge in [0.1, 0.15) is 11.7 Å². The maximum atomic E-state index is 12.6. The Morgan fingerprint density at radius 2 is 1.66 bits per heavy atom. The Bertz CT molecular complexity index is 1370. The van der Waals surface area contributed by atoms with E-state index in [0.717, 1.165) is 16.8 Å². The highest BCUT2D eigenvalue weighted by Gasteiger charge is 2.19. The topological polar surface area (TPSA) is 84.2 Å². The van der Waals surface area contributed by atoms with Gasteiger partial charge in [0.25, 0.3) is 0 Å². The van der Waals surface area contributed by atoms with Crippen LogP contribution in [0, 0.1) is 0 Å². The first-order valence-electron chi connectivity index (χ1n) is 10.8. The predicted octanol–water partition coefficient (Wildman–Crippen LogP) is 5.67. The van der Waals surface area contributed by atoms with Crippen LogP contribution in [0.4, 0.5) is 0 Å². The molecule has 6 nitrogen and oxygen atoms in total. The van der Waals surface area contributed by atoms with Crippen molar-refractivity contribution in [1.82, 2.24) is 15.1 Å². The van der Waals surface area contributed by atoms with Crippen molar-refractivity contribution < 1.29 is 14.7 Å². The van der Waals surface area contributed by atoms with Crippen LogP contribution in [0.1, 0.15) is 11.1 Å². The van der Waals surface area contributed by atoms with E-state index in [2.05, 4.69) is 10.4 Å². The van der Waals surface area contributed by atoms with Gasteiger partial charge in [-0.3, -0.25) is 4.79 Å². The summed E-state index contributed by atoms with van der Waals surface area (Å²) in [7, 11) is 0. The number of nitrogens with zero attached hydrogens (tertiary/aromatic N) is 2. The second-order valence-corrected chi connectivity index (χ2v) is 8.58. The molecule has 35 heavy (non-hydrogen) atoms. The van der Waals surface area contributed by atoms with Crippen LogP contribution in [-0.4, -0.2) is 32.8 Å². The third kappa shape index (κ3) is 6.18. The molecule has 0 aliphatic rings. The Balaban J connectivity index is 1.60. The number of benzene rings is 3. The van der Waals surface area contributed by atoms with Gasteiger partial charge in [0.05, 0.1) is 15.7 Å². The summed E-state index contributed by atoms with van der Waals surface area (Å²) in [5.74, 6) is -1.63. The van der Waals surface area contributed by atoms with Crippen molar-refractivity contribution in [3.8, 4) is 16.9 Å². The number of nitrogens with one attached hydrogen (secondary N) is 1. The lowest BCUT2D eigenvalue weighted by Crippen LogP contribution is -2.41. The minimum absolute atomic E-state index is 0.177. The second-order valence-electron chi connectivity index (χ2n) is 7.76. The molecule has 1 atom stereocenters. The Hall–Kier alpha value is -3.87. The molecule has 4 aromatic rings. The summed E-state index contributed by atoms with van der Waals surface area (Å²) in [5.41, 5.74) is 3.62. The van der Waals surface area contributed by atoms with Gasteiger partial charge in [-0.1, -0.05) is 77.8 Å². The minimum Gasteiger partial charge on any atom is -0.480 e. The fourth-order valence-electron chi connectivity index (χ4n) is 3.53. The lowest BCUT2D eigenvalue weighted by molar-refractivity contribution is -0.141. The van der Waals surface area contributed by atoms with Crippen LogP contribution in [-0.2, 0) is 16.0 Å². The molecular weight excluding hydrogens is 485 g/mol. The molecule has 0 unspecified atom stereocenters. The van der Waals surface area contributed by atoms with E-state index in [1.807, 2.05) is 60.7 Å². The number of amides is 1. The van der Waals surface area contributed by atoms with Crippen LogP contribution in [0.2, 0.25) is 10.0 Å². The van der Waals surface area contributed by atoms with Crippen LogP contribution in [0.5, 0.6) is 0 Å². The number of carboxylic acids is 1. The fraction of sp³-hybridized carbons (Fsp3) is 0.0741. The molecule has 1 heterocycles. The average Bonchev–Trinajstić information content (AvgIpc) is 3.29. The number of carbonyl (C=O) groups excluding carboxylic acids is 1. The first kappa shape index (κ1) is 24.3. The number of hydrogen-bond acceptors (Lipinski definition) is 3. The van der Waals surface area contributed by atoms with E-state index in [0.29, 0.717) is 21.3 Å². The number of carbonyl (C=O) groups is 2. The third-order valence-electron chi connectivity index (χ3n) is 5.27. The number of halogens is 2. The molecule has 0 spiro atoms. The van der Waals surface area contributed by atoms with Crippen molar-refractivity contribution in [2.75, 3.05) is 0 Å². The van der Waals surface area contributed by atoms with E-state index in [9.17, 15) is 14.7 Å². The zero-order chi connectivity index (χ0) is 24.8. The first-order chi connectivity index (χ1) is 16.9. The van der Waals surface area contributed by atoms with Crippen LogP contribution in [0.3, 0.4) is 0 Å². The maximum Gasteiger partial charge on any atom is 0.326 e. The molecule has 4 rings (SSSR count). The molecule has 0 fully saturated rings. The molecule has 0 aliphatic carbocycles. The number of hydrogen-bond donors (Lipinski definition) is 2. The Morgan fingerprint density at radius 1 is 0.971 bits per heavy atom. The van der Waals surface area contributed by atoms with Crippen molar-refractivity contribution in [2.45, 2.75) is 12.5 Å². The van der Waals surface area contributed by atoms with E-state index in [1.165, 1.54) is 6.08 Å². The minimum atomic E-state index is -1.11. The highest BCUT2D eigenvalue weighted by Crippen LogP contribution is 2.30. The van der Waals surface area contributed by atoms with E-state index >= 15 is 0 Å². The molecular formula is C27H21Cl2N3O3. The number of para-hydroxylation sites is 1. The SMILES string of the molecule is O=C(/C=C/c1cn(-c2ccccc2)nc1-c1ccc(Cl)c(Cl)c1)N[C@@H](Cc1ccccc1)C(=O)O. The van der Waals surface area contributed by atoms with Crippen molar-refractivity contribution in [3.63, 3.8) is 0 Å². The van der Waals surface area contributed by atoms with Gasteiger partial charge in [-0.25, -0.2) is 9.48 Å². The summed E-state index contributed by atoms with van der Waals surface area (Å²) < 4.78 is 1.70. The average molecular weight is 506 g/mol. The van der Waals surface area contributed by atoms with E-state index in [-0.39, 0.29) is 6.42 Å². The molecule has 1 amide bonds. The number of carboxylic acid groups (broad SMARTS) is 1. The highest BCUT2D eigenvalue weighted by molar-refractivity contribution is 6.42. The molecule has 1 aromatic heterocycles. The number of aliphatic carboxylic acids is 1. The smallest absolute Gasteiger partial charge is 0.326 e. The summed E-state index contributed by atoms with van der Waals surface area (Å²) >= 11 is 12.3. The van der Waals surface area contributed by atoms with Crippen molar-refractivity contribution in [3.05, 3.63) is 112 Å². The quantitative estimate of drug-likeness (QED) is 0.302. The van der Waals surface area contributed by atoms with Gasteiger partial charge in [0.2, 0.25) is 5.91 Å². The summed E-state index contributed by atoms with van der Waals surface area (Å²) in [5, 5.41) is 17.6. The maximum absolute atomic E-state index is 12.6. The first-order valence-corrected chi connectivity index (χ1v) is 11.5. The Labute approximate surface area is 212 Å². The zero-order valence-electron chi connectivity index (χ0n) is 18.4. The predicted molar refractivity (Wildman–Crippen MR) is 138 cm³/mol. The van der Waals surface area contributed by atoms with Gasteiger partial charge in [-0.2, -0.15) is 5.10 Å². The standard InChI is InChI=1S/C27H21Cl2N3O3/c28-22-13-11-19(16-23(22)29)26-20(17-32(31-26)21-9-5-2-6-10-21)12-14-25(33)30-24(27(34)35)15-18-7-3-1-4-8-18/h1-14,16-17,24H,15H2,(H,30,33)(H,34,35)/b14-12+/t24-/m0/s1. The Kier molecular flexibility index (Phi) is 7.65. The molecule has 0 saturated heterocycles.